The Morgan fingerprint density at radius 1 is 1.53 bits per heavy atom. The maximum absolute atomic E-state index is 11.7. The second-order valence-corrected chi connectivity index (χ2v) is 5.70. The first-order valence-corrected chi connectivity index (χ1v) is 7.58. The van der Waals surface area contributed by atoms with E-state index in [2.05, 4.69) is 5.32 Å². The van der Waals surface area contributed by atoms with Gasteiger partial charge < -0.3 is 15.8 Å². The van der Waals surface area contributed by atoms with Crippen molar-refractivity contribution in [2.75, 3.05) is 23.9 Å². The van der Waals surface area contributed by atoms with Crippen LogP contribution in [-0.2, 0) is 15.6 Å². The Bertz CT molecular complexity index is 451. The van der Waals surface area contributed by atoms with Crippen molar-refractivity contribution in [3.8, 4) is 5.75 Å². The molecule has 0 saturated heterocycles. The van der Waals surface area contributed by atoms with Crippen molar-refractivity contribution in [3.63, 3.8) is 0 Å². The molecule has 2 unspecified atom stereocenters. The van der Waals surface area contributed by atoms with Crippen LogP contribution in [0.2, 0.25) is 0 Å². The fourth-order valence-electron chi connectivity index (χ4n) is 1.46. The molecule has 6 heteroatoms. The molecular formula is C13H20N2O3S. The van der Waals surface area contributed by atoms with Gasteiger partial charge in [0, 0.05) is 34.3 Å². The summed E-state index contributed by atoms with van der Waals surface area (Å²) in [6, 6.07) is 6.90. The molecule has 0 aromatic heterocycles. The summed E-state index contributed by atoms with van der Waals surface area (Å²) in [4.78, 5) is 11.7. The fourth-order valence-corrected chi connectivity index (χ4v) is 2.66. The molecule has 0 fully saturated rings. The van der Waals surface area contributed by atoms with Gasteiger partial charge in [-0.15, -0.1) is 0 Å². The van der Waals surface area contributed by atoms with Crippen LogP contribution in [0.5, 0.6) is 5.75 Å². The van der Waals surface area contributed by atoms with Crippen LogP contribution in [0.3, 0.4) is 0 Å². The van der Waals surface area contributed by atoms with Crippen molar-refractivity contribution in [1.82, 2.24) is 0 Å². The van der Waals surface area contributed by atoms with Gasteiger partial charge in [0.25, 0.3) is 0 Å². The summed E-state index contributed by atoms with van der Waals surface area (Å²) in [7, 11) is 0.328. The number of rotatable bonds is 7. The van der Waals surface area contributed by atoms with Crippen molar-refractivity contribution in [3.05, 3.63) is 24.3 Å². The number of carbonyl (C=O) groups is 1. The summed E-state index contributed by atoms with van der Waals surface area (Å²) >= 11 is 0. The Morgan fingerprint density at radius 2 is 2.26 bits per heavy atom. The third-order valence-electron chi connectivity index (χ3n) is 2.57. The smallest absolute Gasteiger partial charge is 0.236 e. The van der Waals surface area contributed by atoms with Gasteiger partial charge >= 0.3 is 0 Å². The quantitative estimate of drug-likeness (QED) is 0.786. The van der Waals surface area contributed by atoms with Crippen molar-refractivity contribution in [2.24, 2.45) is 5.73 Å². The Kier molecular flexibility index (Phi) is 6.52. The van der Waals surface area contributed by atoms with E-state index in [0.717, 1.165) is 6.42 Å². The zero-order chi connectivity index (χ0) is 14.3. The highest BCUT2D eigenvalue weighted by molar-refractivity contribution is 7.85. The van der Waals surface area contributed by atoms with Gasteiger partial charge in [0.15, 0.2) is 0 Å². The zero-order valence-corrected chi connectivity index (χ0v) is 12.0. The van der Waals surface area contributed by atoms with Crippen LogP contribution in [0.25, 0.3) is 0 Å². The molecule has 1 aromatic carbocycles. The highest BCUT2D eigenvalue weighted by Crippen LogP contribution is 2.16. The van der Waals surface area contributed by atoms with Crippen LogP contribution in [0, 0.1) is 0 Å². The average Bonchev–Trinajstić information content (AvgIpc) is 2.38. The van der Waals surface area contributed by atoms with Crippen molar-refractivity contribution in [2.45, 2.75) is 19.4 Å². The minimum Gasteiger partial charge on any atom is -0.497 e. The number of nitrogens with one attached hydrogen (secondary N) is 1. The summed E-state index contributed by atoms with van der Waals surface area (Å²) in [5.41, 5.74) is 6.32. The second kappa shape index (κ2) is 7.91. The summed E-state index contributed by atoms with van der Waals surface area (Å²) in [6.07, 6.45) is 0.753. The van der Waals surface area contributed by atoms with E-state index in [4.69, 9.17) is 10.5 Å². The van der Waals surface area contributed by atoms with Crippen molar-refractivity contribution < 1.29 is 13.7 Å². The number of ether oxygens (including phenoxy) is 1. The molecule has 106 valence electrons. The molecule has 0 spiro atoms. The van der Waals surface area contributed by atoms with Crippen LogP contribution in [0.15, 0.2) is 24.3 Å². The van der Waals surface area contributed by atoms with Gasteiger partial charge in [-0.1, -0.05) is 13.0 Å². The van der Waals surface area contributed by atoms with Crippen molar-refractivity contribution >= 4 is 22.4 Å². The number of benzene rings is 1. The van der Waals surface area contributed by atoms with Crippen LogP contribution < -0.4 is 15.8 Å². The molecule has 1 rings (SSSR count). The number of hydrogen-bond acceptors (Lipinski definition) is 4. The van der Waals surface area contributed by atoms with Gasteiger partial charge in [0.2, 0.25) is 5.91 Å². The molecule has 19 heavy (non-hydrogen) atoms. The molecule has 5 nitrogen and oxygen atoms in total. The van der Waals surface area contributed by atoms with E-state index < -0.39 is 10.8 Å². The molecule has 2 atom stereocenters. The third kappa shape index (κ3) is 5.85. The van der Waals surface area contributed by atoms with Gasteiger partial charge in [-0.2, -0.15) is 0 Å². The molecule has 0 saturated carbocycles. The molecule has 0 bridgehead atoms. The van der Waals surface area contributed by atoms with E-state index >= 15 is 0 Å². The summed E-state index contributed by atoms with van der Waals surface area (Å²) in [5, 5.41) is 2.69. The predicted molar refractivity (Wildman–Crippen MR) is 77.8 cm³/mol. The van der Waals surface area contributed by atoms with Gasteiger partial charge in [-0.3, -0.25) is 9.00 Å². The second-order valence-electron chi connectivity index (χ2n) is 4.20. The van der Waals surface area contributed by atoms with E-state index in [1.807, 2.05) is 6.92 Å². The highest BCUT2D eigenvalue weighted by Gasteiger charge is 2.11. The molecule has 0 aliphatic heterocycles. The number of methoxy groups -OCH3 is 1. The summed E-state index contributed by atoms with van der Waals surface area (Å²) < 4.78 is 16.7. The molecule has 0 radical (unpaired) electrons. The Morgan fingerprint density at radius 3 is 2.89 bits per heavy atom. The lowest BCUT2D eigenvalue weighted by molar-refractivity contribution is -0.113. The number of anilines is 1. The van der Waals surface area contributed by atoms with E-state index in [9.17, 15) is 9.00 Å². The number of nitrogens with two attached hydrogens (primary N) is 1. The molecule has 1 aromatic rings. The third-order valence-corrected chi connectivity index (χ3v) is 3.95. The Hall–Kier alpha value is -1.40. The predicted octanol–water partition coefficient (Wildman–Crippen LogP) is 1.12. The standard InChI is InChI=1S/C13H20N2O3S/c1-3-10(14)8-19(17)9-13(16)15-11-5-4-6-12(7-11)18-2/h4-7,10H,3,8-9,14H2,1-2H3,(H,15,16). The Labute approximate surface area is 116 Å². The lowest BCUT2D eigenvalue weighted by Gasteiger charge is -2.09. The van der Waals surface area contributed by atoms with E-state index in [1.54, 1.807) is 31.4 Å². The molecule has 1 amide bonds. The fraction of sp³-hybridized carbons (Fsp3) is 0.462. The zero-order valence-electron chi connectivity index (χ0n) is 11.2. The van der Waals surface area contributed by atoms with Crippen LogP contribution >= 0.6 is 0 Å². The van der Waals surface area contributed by atoms with Crippen LogP contribution in [0.4, 0.5) is 5.69 Å². The molecule has 0 aliphatic carbocycles. The van der Waals surface area contributed by atoms with Crippen molar-refractivity contribution in [1.29, 1.82) is 0 Å². The number of amides is 1. The van der Waals surface area contributed by atoms with Gasteiger partial charge in [-0.25, -0.2) is 0 Å². The van der Waals surface area contributed by atoms with E-state index in [-0.39, 0.29) is 17.7 Å². The minimum absolute atomic E-state index is 0.0368. The highest BCUT2D eigenvalue weighted by atomic mass is 32.2. The summed E-state index contributed by atoms with van der Waals surface area (Å²) in [5.74, 6) is 0.689. The molecule has 0 heterocycles. The first-order valence-electron chi connectivity index (χ1n) is 6.09. The minimum atomic E-state index is -1.23. The maximum atomic E-state index is 11.7. The van der Waals surface area contributed by atoms with Gasteiger partial charge in [-0.05, 0) is 18.6 Å². The lowest BCUT2D eigenvalue weighted by atomic mass is 10.3. The largest absolute Gasteiger partial charge is 0.497 e. The summed E-state index contributed by atoms with van der Waals surface area (Å²) in [6.45, 7) is 1.93. The average molecular weight is 284 g/mol. The number of hydrogen-bond donors (Lipinski definition) is 2. The van der Waals surface area contributed by atoms with Crippen LogP contribution in [-0.4, -0.2) is 34.8 Å². The first kappa shape index (κ1) is 15.7. The monoisotopic (exact) mass is 284 g/mol. The molecule has 0 aliphatic rings. The first-order chi connectivity index (χ1) is 9.05. The van der Waals surface area contributed by atoms with E-state index in [0.29, 0.717) is 17.2 Å². The van der Waals surface area contributed by atoms with Gasteiger partial charge in [0.1, 0.15) is 11.5 Å². The SMILES string of the molecule is CCC(N)CS(=O)CC(=O)Nc1cccc(OC)c1. The van der Waals surface area contributed by atoms with Crippen LogP contribution in [0.1, 0.15) is 13.3 Å². The normalized spacial score (nSPS) is 13.6. The molecular weight excluding hydrogens is 264 g/mol. The topological polar surface area (TPSA) is 81.4 Å². The molecule has 3 N–H and O–H groups in total. The van der Waals surface area contributed by atoms with E-state index in [1.165, 1.54) is 0 Å². The maximum Gasteiger partial charge on any atom is 0.236 e. The van der Waals surface area contributed by atoms with Gasteiger partial charge in [0.05, 0.1) is 7.11 Å². The Balaban J connectivity index is 2.48. The lowest BCUT2D eigenvalue weighted by Crippen LogP contribution is -2.30. The number of carbonyl (C=O) groups excluding carboxylic acids is 1.